The topological polar surface area (TPSA) is 43.5 Å². The fourth-order valence-corrected chi connectivity index (χ4v) is 0.707. The van der Waals surface area contributed by atoms with E-state index in [1.165, 1.54) is 0 Å². The molecule has 0 fully saturated rings. The van der Waals surface area contributed by atoms with Gasteiger partial charge in [-0.05, 0) is 0 Å². The highest BCUT2D eigenvalue weighted by Gasteiger charge is 1.76. The van der Waals surface area contributed by atoms with E-state index in [0.717, 1.165) is 12.3 Å². The van der Waals surface area contributed by atoms with Gasteiger partial charge < -0.3 is 5.48 Å². The molecule has 0 aliphatic heterocycles. The monoisotopic (exact) mass is 147 g/mol. The summed E-state index contributed by atoms with van der Waals surface area (Å²) in [5, 5.41) is 0. The molecule has 0 atom stereocenters. The minimum Gasteiger partial charge on any atom is -0.412 e. The average molecular weight is 147 g/mol. The van der Waals surface area contributed by atoms with Crippen LogP contribution in [0.4, 0.5) is 0 Å². The van der Waals surface area contributed by atoms with Crippen molar-refractivity contribution in [1.82, 2.24) is 4.72 Å². The lowest BCUT2D eigenvalue weighted by molar-refractivity contribution is 0.824. The molecule has 9 heavy (non-hydrogen) atoms. The molecule has 0 heterocycles. The van der Waals surface area contributed by atoms with Crippen LogP contribution in [0.1, 0.15) is 0 Å². The van der Waals surface area contributed by atoms with Crippen molar-refractivity contribution in [1.29, 1.82) is 0 Å². The molecule has 0 spiro atoms. The number of rotatable bonds is 5. The highest BCUT2D eigenvalue weighted by Crippen LogP contribution is 1.89. The van der Waals surface area contributed by atoms with Crippen LogP contribution in [0.3, 0.4) is 0 Å². The average Bonchev–Trinajstić information content (AvgIpc) is 1.81. The lowest BCUT2D eigenvalue weighted by atomic mass is 10.7. The van der Waals surface area contributed by atoms with Crippen LogP contribution in [-0.2, 0) is 0 Å². The summed E-state index contributed by atoms with van der Waals surface area (Å²) in [6, 6.07) is 0. The van der Waals surface area contributed by atoms with E-state index in [0.29, 0.717) is 0 Å². The van der Waals surface area contributed by atoms with Gasteiger partial charge >= 0.3 is 0 Å². The molecule has 0 bridgehead atoms. The molecule has 0 saturated heterocycles. The minimum atomic E-state index is 0. The zero-order valence-electron chi connectivity index (χ0n) is 5.39. The Bertz CT molecular complexity index is 65.5. The first-order valence-electron chi connectivity index (χ1n) is 2.48. The molecule has 0 aliphatic carbocycles. The van der Waals surface area contributed by atoms with Crippen molar-refractivity contribution in [3.63, 3.8) is 0 Å². The van der Waals surface area contributed by atoms with Crippen molar-refractivity contribution in [2.24, 2.45) is 0 Å². The van der Waals surface area contributed by atoms with Gasteiger partial charge in [0.2, 0.25) is 0 Å². The summed E-state index contributed by atoms with van der Waals surface area (Å²) in [5.41, 5.74) is 0. The van der Waals surface area contributed by atoms with Crippen molar-refractivity contribution in [3.05, 3.63) is 25.3 Å². The maximum Gasteiger partial charge on any atom is 0.0257 e. The van der Waals surface area contributed by atoms with Crippen molar-refractivity contribution in [2.45, 2.75) is 0 Å². The van der Waals surface area contributed by atoms with Crippen molar-refractivity contribution < 1.29 is 5.48 Å². The summed E-state index contributed by atoms with van der Waals surface area (Å²) >= 11 is 1.64. The quantitative estimate of drug-likeness (QED) is 0.354. The Labute approximate surface area is 60.5 Å². The van der Waals surface area contributed by atoms with Crippen LogP contribution in [0.15, 0.2) is 25.3 Å². The fourth-order valence-electron chi connectivity index (χ4n) is 0.236. The SMILES string of the molecule is C=CCNSCC=C.O. The molecule has 0 unspecified atom stereocenters. The Kier molecular flexibility index (Phi) is 13.7. The lowest BCUT2D eigenvalue weighted by Gasteiger charge is -1.93. The van der Waals surface area contributed by atoms with Gasteiger partial charge in [0.1, 0.15) is 0 Å². The van der Waals surface area contributed by atoms with Crippen molar-refractivity contribution >= 4 is 11.9 Å². The molecule has 3 heteroatoms. The van der Waals surface area contributed by atoms with Crippen LogP contribution in [0.2, 0.25) is 0 Å². The van der Waals surface area contributed by atoms with Gasteiger partial charge in [-0.1, -0.05) is 24.1 Å². The van der Waals surface area contributed by atoms with E-state index < -0.39 is 0 Å². The number of hydrogen-bond donors (Lipinski definition) is 1. The summed E-state index contributed by atoms with van der Waals surface area (Å²) < 4.78 is 3.06. The molecule has 0 saturated carbocycles. The Morgan fingerprint density at radius 2 is 2.00 bits per heavy atom. The molecule has 0 aromatic rings. The molecule has 0 amide bonds. The molecule has 0 aromatic carbocycles. The van der Waals surface area contributed by atoms with E-state index in [4.69, 9.17) is 0 Å². The smallest absolute Gasteiger partial charge is 0.0257 e. The zero-order valence-corrected chi connectivity index (χ0v) is 6.21. The largest absolute Gasteiger partial charge is 0.412 e. The Balaban J connectivity index is 0. The third-order valence-electron chi connectivity index (χ3n) is 0.531. The second-order valence-electron chi connectivity index (χ2n) is 1.24. The van der Waals surface area contributed by atoms with Gasteiger partial charge in [-0.2, -0.15) is 0 Å². The van der Waals surface area contributed by atoms with Crippen molar-refractivity contribution in [2.75, 3.05) is 12.3 Å². The molecule has 0 radical (unpaired) electrons. The first-order chi connectivity index (χ1) is 3.91. The third kappa shape index (κ3) is 11.4. The molecular formula is C6H13NOS. The van der Waals surface area contributed by atoms with Crippen LogP contribution >= 0.6 is 11.9 Å². The Hall–Kier alpha value is -0.250. The summed E-state index contributed by atoms with van der Waals surface area (Å²) in [7, 11) is 0. The van der Waals surface area contributed by atoms with E-state index in [1.54, 1.807) is 11.9 Å². The van der Waals surface area contributed by atoms with Crippen LogP contribution in [0.25, 0.3) is 0 Å². The molecule has 0 aromatic heterocycles. The fraction of sp³-hybridized carbons (Fsp3) is 0.333. The van der Waals surface area contributed by atoms with Gasteiger partial charge in [-0.3, -0.25) is 4.72 Å². The summed E-state index contributed by atoms with van der Waals surface area (Å²) in [6.07, 6.45) is 3.69. The van der Waals surface area contributed by atoms with Gasteiger partial charge in [-0.25, -0.2) is 0 Å². The van der Waals surface area contributed by atoms with Gasteiger partial charge in [-0.15, -0.1) is 13.2 Å². The summed E-state index contributed by atoms with van der Waals surface area (Å²) in [5.74, 6) is 0.952. The van der Waals surface area contributed by atoms with Crippen LogP contribution in [0, 0.1) is 0 Å². The summed E-state index contributed by atoms with van der Waals surface area (Å²) in [6.45, 7) is 7.99. The summed E-state index contributed by atoms with van der Waals surface area (Å²) in [4.78, 5) is 0. The van der Waals surface area contributed by atoms with Crippen molar-refractivity contribution in [3.8, 4) is 0 Å². The molecule has 2 nitrogen and oxygen atoms in total. The van der Waals surface area contributed by atoms with Crippen LogP contribution in [-0.4, -0.2) is 17.8 Å². The Morgan fingerprint density at radius 1 is 1.33 bits per heavy atom. The second kappa shape index (κ2) is 10.7. The maximum absolute atomic E-state index is 3.57. The highest BCUT2D eigenvalue weighted by atomic mass is 32.2. The van der Waals surface area contributed by atoms with E-state index in [9.17, 15) is 0 Å². The lowest BCUT2D eigenvalue weighted by Crippen LogP contribution is -2.01. The van der Waals surface area contributed by atoms with Gasteiger partial charge in [0.15, 0.2) is 0 Å². The van der Waals surface area contributed by atoms with Gasteiger partial charge in [0, 0.05) is 12.3 Å². The highest BCUT2D eigenvalue weighted by molar-refractivity contribution is 7.97. The first-order valence-corrected chi connectivity index (χ1v) is 3.46. The predicted molar refractivity (Wildman–Crippen MR) is 44.5 cm³/mol. The molecule has 3 N–H and O–H groups in total. The van der Waals surface area contributed by atoms with Gasteiger partial charge in [0.25, 0.3) is 0 Å². The minimum absolute atomic E-state index is 0. The number of nitrogens with one attached hydrogen (secondary N) is 1. The maximum atomic E-state index is 3.57. The van der Waals surface area contributed by atoms with E-state index >= 15 is 0 Å². The Morgan fingerprint density at radius 3 is 2.44 bits per heavy atom. The standard InChI is InChI=1S/C6H11NS.H2O/c1-3-5-7-8-6-4-2;/h3-4,7H,1-2,5-6H2;1H2. The van der Waals surface area contributed by atoms with Gasteiger partial charge in [0.05, 0.1) is 0 Å². The van der Waals surface area contributed by atoms with Crippen LogP contribution in [0.5, 0.6) is 0 Å². The van der Waals surface area contributed by atoms with E-state index in [2.05, 4.69) is 17.9 Å². The van der Waals surface area contributed by atoms with Crippen LogP contribution < -0.4 is 4.72 Å². The second-order valence-corrected chi connectivity index (χ2v) is 2.15. The predicted octanol–water partition coefficient (Wildman–Crippen LogP) is 0.771. The molecule has 0 aliphatic rings. The molecule has 0 rings (SSSR count). The zero-order chi connectivity index (χ0) is 6.24. The third-order valence-corrected chi connectivity index (χ3v) is 1.30. The normalized spacial score (nSPS) is 7.56. The first kappa shape index (κ1) is 11.5. The molecule has 54 valence electrons. The van der Waals surface area contributed by atoms with E-state index in [1.807, 2.05) is 12.2 Å². The van der Waals surface area contributed by atoms with E-state index in [-0.39, 0.29) is 5.48 Å². The number of hydrogen-bond acceptors (Lipinski definition) is 2. The molecular weight excluding hydrogens is 134 g/mol.